The summed E-state index contributed by atoms with van der Waals surface area (Å²) in [7, 11) is 0. The van der Waals surface area contributed by atoms with Gasteiger partial charge in [-0.3, -0.25) is 0 Å². The van der Waals surface area contributed by atoms with Crippen LogP contribution in [0.25, 0.3) is 0 Å². The van der Waals surface area contributed by atoms with E-state index in [0.29, 0.717) is 6.61 Å². The lowest BCUT2D eigenvalue weighted by Gasteiger charge is -2.19. The Labute approximate surface area is 133 Å². The third-order valence-electron chi connectivity index (χ3n) is 4.03. The van der Waals surface area contributed by atoms with Gasteiger partial charge in [-0.25, -0.2) is 0 Å². The van der Waals surface area contributed by atoms with Crippen LogP contribution in [0.1, 0.15) is 35.2 Å². The summed E-state index contributed by atoms with van der Waals surface area (Å²) in [5.41, 5.74) is 5.09. The first-order valence-electron chi connectivity index (χ1n) is 7.74. The number of para-hydroxylation sites is 1. The molecular weight excluding hydrogens is 274 g/mol. The SMILES string of the molecule is Cc1cccc(C(C)NCc2ccccc2OCCO)c1C. The molecule has 2 aromatic rings. The third kappa shape index (κ3) is 4.09. The molecule has 0 bridgehead atoms. The van der Waals surface area contributed by atoms with E-state index in [2.05, 4.69) is 50.4 Å². The first kappa shape index (κ1) is 16.5. The Bertz CT molecular complexity index is 610. The van der Waals surface area contributed by atoms with Crippen molar-refractivity contribution in [2.75, 3.05) is 13.2 Å². The summed E-state index contributed by atoms with van der Waals surface area (Å²) in [6.07, 6.45) is 0. The zero-order valence-electron chi connectivity index (χ0n) is 13.6. The summed E-state index contributed by atoms with van der Waals surface area (Å²) in [5.74, 6) is 0.831. The number of rotatable bonds is 7. The summed E-state index contributed by atoms with van der Waals surface area (Å²) in [4.78, 5) is 0. The number of nitrogens with one attached hydrogen (secondary N) is 1. The van der Waals surface area contributed by atoms with Gasteiger partial charge in [-0.15, -0.1) is 0 Å². The van der Waals surface area contributed by atoms with Crippen LogP contribution in [-0.4, -0.2) is 18.3 Å². The molecule has 3 nitrogen and oxygen atoms in total. The second-order valence-electron chi connectivity index (χ2n) is 5.57. The summed E-state index contributed by atoms with van der Waals surface area (Å²) >= 11 is 0. The zero-order valence-corrected chi connectivity index (χ0v) is 13.6. The van der Waals surface area contributed by atoms with Crippen LogP contribution in [0.15, 0.2) is 42.5 Å². The van der Waals surface area contributed by atoms with Crippen molar-refractivity contribution in [2.45, 2.75) is 33.4 Å². The van der Waals surface area contributed by atoms with Crippen molar-refractivity contribution in [3.05, 3.63) is 64.7 Å². The Morgan fingerprint density at radius 3 is 2.64 bits per heavy atom. The molecule has 0 amide bonds. The van der Waals surface area contributed by atoms with Crippen molar-refractivity contribution in [1.82, 2.24) is 5.32 Å². The highest BCUT2D eigenvalue weighted by atomic mass is 16.5. The molecule has 0 fully saturated rings. The van der Waals surface area contributed by atoms with E-state index in [1.54, 1.807) is 0 Å². The van der Waals surface area contributed by atoms with Gasteiger partial charge in [0, 0.05) is 18.2 Å². The predicted octanol–water partition coefficient (Wildman–Crippen LogP) is 3.53. The number of ether oxygens (including phenoxy) is 1. The Morgan fingerprint density at radius 1 is 1.09 bits per heavy atom. The standard InChI is InChI=1S/C19H25NO2/c1-14-7-6-9-18(15(14)2)16(3)20-13-17-8-4-5-10-19(17)22-12-11-21/h4-10,16,20-21H,11-13H2,1-3H3. The van der Waals surface area contributed by atoms with E-state index in [1.165, 1.54) is 16.7 Å². The topological polar surface area (TPSA) is 41.5 Å². The number of aliphatic hydroxyl groups is 1. The normalized spacial score (nSPS) is 12.2. The Morgan fingerprint density at radius 2 is 1.86 bits per heavy atom. The van der Waals surface area contributed by atoms with Crippen molar-refractivity contribution in [3.63, 3.8) is 0 Å². The molecule has 118 valence electrons. The van der Waals surface area contributed by atoms with Crippen molar-refractivity contribution < 1.29 is 9.84 Å². The van der Waals surface area contributed by atoms with E-state index in [9.17, 15) is 0 Å². The molecule has 0 aliphatic rings. The predicted molar refractivity (Wildman–Crippen MR) is 90.2 cm³/mol. The van der Waals surface area contributed by atoms with E-state index in [1.807, 2.05) is 18.2 Å². The molecule has 22 heavy (non-hydrogen) atoms. The van der Waals surface area contributed by atoms with E-state index < -0.39 is 0 Å². The average Bonchev–Trinajstić information content (AvgIpc) is 2.54. The molecule has 0 aliphatic carbocycles. The molecular formula is C19H25NO2. The fourth-order valence-electron chi connectivity index (χ4n) is 2.56. The minimum absolute atomic E-state index is 0.0284. The van der Waals surface area contributed by atoms with Crippen molar-refractivity contribution in [2.24, 2.45) is 0 Å². The van der Waals surface area contributed by atoms with Gasteiger partial charge in [-0.1, -0.05) is 36.4 Å². The molecule has 1 atom stereocenters. The minimum Gasteiger partial charge on any atom is -0.491 e. The maximum absolute atomic E-state index is 8.90. The van der Waals surface area contributed by atoms with Crippen LogP contribution in [0.2, 0.25) is 0 Å². The molecule has 0 aromatic heterocycles. The van der Waals surface area contributed by atoms with Crippen LogP contribution in [0, 0.1) is 13.8 Å². The molecule has 0 saturated carbocycles. The maximum atomic E-state index is 8.90. The van der Waals surface area contributed by atoms with Gasteiger partial charge in [0.25, 0.3) is 0 Å². The monoisotopic (exact) mass is 299 g/mol. The Kier molecular flexibility index (Phi) is 5.99. The summed E-state index contributed by atoms with van der Waals surface area (Å²) < 4.78 is 5.58. The molecule has 2 N–H and O–H groups in total. The molecule has 2 aromatic carbocycles. The second kappa shape index (κ2) is 7.97. The van der Waals surface area contributed by atoms with Gasteiger partial charge in [0.2, 0.25) is 0 Å². The van der Waals surface area contributed by atoms with Gasteiger partial charge in [-0.05, 0) is 43.5 Å². The van der Waals surface area contributed by atoms with Gasteiger partial charge in [0.15, 0.2) is 0 Å². The largest absolute Gasteiger partial charge is 0.491 e. The quantitative estimate of drug-likeness (QED) is 0.822. The summed E-state index contributed by atoms with van der Waals surface area (Å²) in [6, 6.07) is 14.6. The second-order valence-corrected chi connectivity index (χ2v) is 5.57. The Hall–Kier alpha value is -1.84. The van der Waals surface area contributed by atoms with Gasteiger partial charge in [0.05, 0.1) is 6.61 Å². The van der Waals surface area contributed by atoms with Crippen LogP contribution in [0.4, 0.5) is 0 Å². The fraction of sp³-hybridized carbons (Fsp3) is 0.368. The Balaban J connectivity index is 2.05. The van der Waals surface area contributed by atoms with E-state index in [4.69, 9.17) is 9.84 Å². The summed E-state index contributed by atoms with van der Waals surface area (Å²) in [6.45, 7) is 7.57. The van der Waals surface area contributed by atoms with Gasteiger partial charge in [0.1, 0.15) is 12.4 Å². The van der Waals surface area contributed by atoms with Crippen LogP contribution in [0.3, 0.4) is 0 Å². The third-order valence-corrected chi connectivity index (χ3v) is 4.03. The molecule has 0 heterocycles. The van der Waals surface area contributed by atoms with E-state index in [-0.39, 0.29) is 12.6 Å². The van der Waals surface area contributed by atoms with E-state index >= 15 is 0 Å². The number of hydrogen-bond acceptors (Lipinski definition) is 3. The lowest BCUT2D eigenvalue weighted by molar-refractivity contribution is 0.200. The maximum Gasteiger partial charge on any atom is 0.123 e. The van der Waals surface area contributed by atoms with Crippen LogP contribution in [0.5, 0.6) is 5.75 Å². The first-order valence-corrected chi connectivity index (χ1v) is 7.74. The highest BCUT2D eigenvalue weighted by molar-refractivity contribution is 5.36. The number of aliphatic hydroxyl groups excluding tert-OH is 1. The van der Waals surface area contributed by atoms with Gasteiger partial charge in [-0.2, -0.15) is 0 Å². The first-order chi connectivity index (χ1) is 10.6. The molecule has 0 radical (unpaired) electrons. The minimum atomic E-state index is 0.0284. The molecule has 0 saturated heterocycles. The highest BCUT2D eigenvalue weighted by Crippen LogP contribution is 2.22. The van der Waals surface area contributed by atoms with Crippen LogP contribution in [-0.2, 0) is 6.54 Å². The van der Waals surface area contributed by atoms with Gasteiger partial charge < -0.3 is 15.2 Å². The number of hydrogen-bond donors (Lipinski definition) is 2. The van der Waals surface area contributed by atoms with Crippen molar-refractivity contribution in [1.29, 1.82) is 0 Å². The lowest BCUT2D eigenvalue weighted by atomic mass is 9.98. The highest BCUT2D eigenvalue weighted by Gasteiger charge is 2.10. The average molecular weight is 299 g/mol. The zero-order chi connectivity index (χ0) is 15.9. The van der Waals surface area contributed by atoms with Crippen molar-refractivity contribution in [3.8, 4) is 5.75 Å². The van der Waals surface area contributed by atoms with E-state index in [0.717, 1.165) is 17.9 Å². The molecule has 0 spiro atoms. The molecule has 0 aliphatic heterocycles. The fourth-order valence-corrected chi connectivity index (χ4v) is 2.56. The van der Waals surface area contributed by atoms with Gasteiger partial charge >= 0.3 is 0 Å². The molecule has 1 unspecified atom stereocenters. The van der Waals surface area contributed by atoms with Crippen molar-refractivity contribution >= 4 is 0 Å². The molecule has 3 heteroatoms. The van der Waals surface area contributed by atoms with Crippen LogP contribution < -0.4 is 10.1 Å². The number of benzene rings is 2. The smallest absolute Gasteiger partial charge is 0.123 e. The van der Waals surface area contributed by atoms with Crippen LogP contribution >= 0.6 is 0 Å². The summed E-state index contributed by atoms with van der Waals surface area (Å²) in [5, 5.41) is 12.5. The number of aryl methyl sites for hydroxylation is 1. The molecule has 2 rings (SSSR count). The lowest BCUT2D eigenvalue weighted by Crippen LogP contribution is -2.19.